The molecule has 0 saturated carbocycles. The van der Waals surface area contributed by atoms with Gasteiger partial charge in [-0.25, -0.2) is 0 Å². The molecule has 1 N–H and O–H groups in total. The van der Waals surface area contributed by atoms with Crippen LogP contribution < -0.4 is 5.32 Å². The van der Waals surface area contributed by atoms with Gasteiger partial charge in [0.1, 0.15) is 0 Å². The SMILES string of the molecule is O=C(CCc1ccccc1)NCCN1CCOC(c2ccccc2)C1. The van der Waals surface area contributed by atoms with Crippen molar-refractivity contribution in [2.24, 2.45) is 0 Å². The Bertz CT molecular complexity index is 645. The van der Waals surface area contributed by atoms with E-state index in [4.69, 9.17) is 4.74 Å². The Hall–Kier alpha value is -2.17. The van der Waals surface area contributed by atoms with E-state index in [1.165, 1.54) is 11.1 Å². The van der Waals surface area contributed by atoms with Crippen molar-refractivity contribution in [3.63, 3.8) is 0 Å². The quantitative estimate of drug-likeness (QED) is 0.844. The second-order valence-corrected chi connectivity index (χ2v) is 6.41. The van der Waals surface area contributed by atoms with E-state index < -0.39 is 0 Å². The first-order chi connectivity index (χ1) is 12.3. The lowest BCUT2D eigenvalue weighted by Crippen LogP contribution is -2.42. The van der Waals surface area contributed by atoms with Crippen LogP contribution in [0.4, 0.5) is 0 Å². The fraction of sp³-hybridized carbons (Fsp3) is 0.381. The molecule has 4 heteroatoms. The third kappa shape index (κ3) is 5.69. The number of benzene rings is 2. The molecule has 25 heavy (non-hydrogen) atoms. The number of ether oxygens (including phenoxy) is 1. The third-order valence-electron chi connectivity index (χ3n) is 4.56. The van der Waals surface area contributed by atoms with Gasteiger partial charge in [-0.05, 0) is 17.5 Å². The molecule has 1 aliphatic heterocycles. The predicted octanol–water partition coefficient (Wildman–Crippen LogP) is 2.81. The minimum absolute atomic E-state index is 0.122. The molecule has 1 unspecified atom stereocenters. The lowest BCUT2D eigenvalue weighted by atomic mass is 10.1. The highest BCUT2D eigenvalue weighted by atomic mass is 16.5. The van der Waals surface area contributed by atoms with Crippen LogP contribution in [0.25, 0.3) is 0 Å². The zero-order valence-electron chi connectivity index (χ0n) is 14.6. The fourth-order valence-corrected chi connectivity index (χ4v) is 3.12. The Labute approximate surface area is 149 Å². The molecule has 0 aromatic heterocycles. The summed E-state index contributed by atoms with van der Waals surface area (Å²) in [7, 11) is 0. The van der Waals surface area contributed by atoms with Gasteiger partial charge in [-0.3, -0.25) is 9.69 Å². The first-order valence-electron chi connectivity index (χ1n) is 9.01. The molecule has 0 spiro atoms. The molecule has 0 aliphatic carbocycles. The van der Waals surface area contributed by atoms with Gasteiger partial charge in [0, 0.05) is 32.6 Å². The predicted molar refractivity (Wildman–Crippen MR) is 99.3 cm³/mol. The van der Waals surface area contributed by atoms with E-state index in [1.54, 1.807) is 0 Å². The van der Waals surface area contributed by atoms with E-state index in [-0.39, 0.29) is 12.0 Å². The lowest BCUT2D eigenvalue weighted by Gasteiger charge is -2.33. The number of nitrogens with zero attached hydrogens (tertiary/aromatic N) is 1. The molecule has 1 fully saturated rings. The van der Waals surface area contributed by atoms with E-state index in [9.17, 15) is 4.79 Å². The molecule has 0 bridgehead atoms. The van der Waals surface area contributed by atoms with Gasteiger partial charge in [-0.1, -0.05) is 60.7 Å². The molecule has 1 saturated heterocycles. The van der Waals surface area contributed by atoms with Crippen LogP contribution in [0.15, 0.2) is 60.7 Å². The summed E-state index contributed by atoms with van der Waals surface area (Å²) >= 11 is 0. The molecule has 1 amide bonds. The minimum Gasteiger partial charge on any atom is -0.371 e. The lowest BCUT2D eigenvalue weighted by molar-refractivity contribution is -0.121. The summed E-state index contributed by atoms with van der Waals surface area (Å²) in [5.41, 5.74) is 2.43. The van der Waals surface area contributed by atoms with Crippen LogP contribution in [0.3, 0.4) is 0 Å². The van der Waals surface area contributed by atoms with Gasteiger partial charge in [0.15, 0.2) is 0 Å². The normalized spacial score (nSPS) is 18.0. The Morgan fingerprint density at radius 2 is 1.80 bits per heavy atom. The van der Waals surface area contributed by atoms with E-state index in [0.29, 0.717) is 13.0 Å². The Morgan fingerprint density at radius 3 is 2.56 bits per heavy atom. The van der Waals surface area contributed by atoms with Gasteiger partial charge >= 0.3 is 0 Å². The van der Waals surface area contributed by atoms with Crippen LogP contribution in [0.5, 0.6) is 0 Å². The Kier molecular flexibility index (Phi) is 6.60. The molecule has 4 nitrogen and oxygen atoms in total. The molecule has 2 aromatic rings. The number of hydrogen-bond donors (Lipinski definition) is 1. The van der Waals surface area contributed by atoms with E-state index in [0.717, 1.165) is 32.7 Å². The number of carbonyl (C=O) groups excluding carboxylic acids is 1. The van der Waals surface area contributed by atoms with Crippen molar-refractivity contribution in [2.45, 2.75) is 18.9 Å². The molecule has 132 valence electrons. The highest BCUT2D eigenvalue weighted by molar-refractivity contribution is 5.76. The standard InChI is InChI=1S/C21H26N2O2/c24-21(12-11-18-7-3-1-4-8-18)22-13-14-23-15-16-25-20(17-23)19-9-5-2-6-10-19/h1-10,20H,11-17H2,(H,22,24). The smallest absolute Gasteiger partial charge is 0.220 e. The Balaban J connectivity index is 1.36. The summed E-state index contributed by atoms with van der Waals surface area (Å²) in [5.74, 6) is 0.122. The maximum Gasteiger partial charge on any atom is 0.220 e. The van der Waals surface area contributed by atoms with Crippen molar-refractivity contribution in [1.29, 1.82) is 0 Å². The topological polar surface area (TPSA) is 41.6 Å². The van der Waals surface area contributed by atoms with Crippen molar-refractivity contribution in [2.75, 3.05) is 32.8 Å². The monoisotopic (exact) mass is 338 g/mol. The molecule has 0 radical (unpaired) electrons. The van der Waals surface area contributed by atoms with Gasteiger partial charge in [0.05, 0.1) is 12.7 Å². The van der Waals surface area contributed by atoms with E-state index >= 15 is 0 Å². The van der Waals surface area contributed by atoms with Gasteiger partial charge in [-0.2, -0.15) is 0 Å². The van der Waals surface area contributed by atoms with Gasteiger partial charge in [0.25, 0.3) is 0 Å². The highest BCUT2D eigenvalue weighted by Gasteiger charge is 2.21. The van der Waals surface area contributed by atoms with Crippen LogP contribution in [0.1, 0.15) is 23.7 Å². The zero-order chi connectivity index (χ0) is 17.3. The highest BCUT2D eigenvalue weighted by Crippen LogP contribution is 2.21. The van der Waals surface area contributed by atoms with Crippen LogP contribution in [0.2, 0.25) is 0 Å². The Morgan fingerprint density at radius 1 is 1.08 bits per heavy atom. The molecule has 1 heterocycles. The molecule has 1 aliphatic rings. The van der Waals surface area contributed by atoms with Crippen LogP contribution in [-0.4, -0.2) is 43.6 Å². The summed E-state index contributed by atoms with van der Waals surface area (Å²) in [5, 5.41) is 3.03. The molecule has 3 rings (SSSR count). The fourth-order valence-electron chi connectivity index (χ4n) is 3.12. The number of hydrogen-bond acceptors (Lipinski definition) is 3. The van der Waals surface area contributed by atoms with Crippen molar-refractivity contribution in [3.05, 3.63) is 71.8 Å². The number of amides is 1. The molecular weight excluding hydrogens is 312 g/mol. The maximum absolute atomic E-state index is 12.0. The van der Waals surface area contributed by atoms with Gasteiger partial charge in [-0.15, -0.1) is 0 Å². The van der Waals surface area contributed by atoms with Crippen LogP contribution in [-0.2, 0) is 16.0 Å². The van der Waals surface area contributed by atoms with Crippen LogP contribution >= 0.6 is 0 Å². The first kappa shape index (κ1) is 17.6. The summed E-state index contributed by atoms with van der Waals surface area (Å²) in [4.78, 5) is 14.3. The van der Waals surface area contributed by atoms with Gasteiger partial charge in [0.2, 0.25) is 5.91 Å². The van der Waals surface area contributed by atoms with E-state index in [2.05, 4.69) is 34.5 Å². The summed E-state index contributed by atoms with van der Waals surface area (Å²) in [6.07, 6.45) is 1.46. The number of morpholine rings is 1. The number of carbonyl (C=O) groups is 1. The summed E-state index contributed by atoms with van der Waals surface area (Å²) < 4.78 is 5.88. The number of rotatable bonds is 7. The summed E-state index contributed by atoms with van der Waals surface area (Å²) in [6, 6.07) is 20.5. The average Bonchev–Trinajstić information content (AvgIpc) is 2.68. The zero-order valence-corrected chi connectivity index (χ0v) is 14.6. The number of nitrogens with one attached hydrogen (secondary N) is 1. The second-order valence-electron chi connectivity index (χ2n) is 6.41. The second kappa shape index (κ2) is 9.35. The maximum atomic E-state index is 12.0. The van der Waals surface area contributed by atoms with Gasteiger partial charge < -0.3 is 10.1 Å². The van der Waals surface area contributed by atoms with Crippen molar-refractivity contribution < 1.29 is 9.53 Å². The van der Waals surface area contributed by atoms with E-state index in [1.807, 2.05) is 36.4 Å². The first-order valence-corrected chi connectivity index (χ1v) is 9.01. The van der Waals surface area contributed by atoms with Crippen LogP contribution in [0, 0.1) is 0 Å². The third-order valence-corrected chi connectivity index (χ3v) is 4.56. The molecule has 2 aromatic carbocycles. The molecular formula is C21H26N2O2. The van der Waals surface area contributed by atoms with Crippen molar-refractivity contribution in [3.8, 4) is 0 Å². The average molecular weight is 338 g/mol. The van der Waals surface area contributed by atoms with Crippen molar-refractivity contribution in [1.82, 2.24) is 10.2 Å². The van der Waals surface area contributed by atoms with Crippen molar-refractivity contribution >= 4 is 5.91 Å². The largest absolute Gasteiger partial charge is 0.371 e. The number of aryl methyl sites for hydroxylation is 1. The molecule has 1 atom stereocenters. The minimum atomic E-state index is 0.122. The summed E-state index contributed by atoms with van der Waals surface area (Å²) in [6.45, 7) is 4.09.